The maximum atomic E-state index is 12.0. The van der Waals surface area contributed by atoms with Crippen molar-refractivity contribution in [2.24, 2.45) is 11.7 Å². The second kappa shape index (κ2) is 5.38. The standard InChI is InChI=1S/C9H16N4O2S2/c10-3-8-5-11-13-9(8)17(14,15)12-4-7-1-2-16-6-7/h5,7,12H,1-4,6,10H2,(H,11,13). The normalized spacial score (nSPS) is 20.9. The molecule has 1 aromatic heterocycles. The van der Waals surface area contributed by atoms with Crippen molar-refractivity contribution in [3.63, 3.8) is 0 Å². The van der Waals surface area contributed by atoms with Gasteiger partial charge in [-0.05, 0) is 23.8 Å². The molecule has 0 aromatic carbocycles. The molecule has 96 valence electrons. The quantitative estimate of drug-likeness (QED) is 0.697. The number of nitrogens with one attached hydrogen (secondary N) is 2. The largest absolute Gasteiger partial charge is 0.326 e. The first-order valence-electron chi connectivity index (χ1n) is 5.43. The molecule has 4 N–H and O–H groups in total. The molecular formula is C9H16N4O2S2. The Morgan fingerprint density at radius 1 is 1.65 bits per heavy atom. The van der Waals surface area contributed by atoms with E-state index in [1.165, 1.54) is 6.20 Å². The van der Waals surface area contributed by atoms with Gasteiger partial charge in [0.25, 0.3) is 10.0 Å². The highest BCUT2D eigenvalue weighted by Crippen LogP contribution is 2.23. The van der Waals surface area contributed by atoms with Crippen molar-refractivity contribution in [1.29, 1.82) is 0 Å². The molecule has 6 nitrogen and oxygen atoms in total. The molecule has 0 spiro atoms. The van der Waals surface area contributed by atoms with Gasteiger partial charge >= 0.3 is 0 Å². The summed E-state index contributed by atoms with van der Waals surface area (Å²) in [5, 5.41) is 6.29. The van der Waals surface area contributed by atoms with Crippen molar-refractivity contribution in [3.8, 4) is 0 Å². The third-order valence-electron chi connectivity index (χ3n) is 2.75. The molecule has 0 aliphatic carbocycles. The van der Waals surface area contributed by atoms with Gasteiger partial charge in [-0.25, -0.2) is 13.1 Å². The number of thioether (sulfide) groups is 1. The van der Waals surface area contributed by atoms with E-state index in [4.69, 9.17) is 5.73 Å². The lowest BCUT2D eigenvalue weighted by atomic mass is 10.1. The zero-order valence-electron chi connectivity index (χ0n) is 9.35. The van der Waals surface area contributed by atoms with E-state index >= 15 is 0 Å². The van der Waals surface area contributed by atoms with Crippen molar-refractivity contribution in [2.45, 2.75) is 18.0 Å². The fraction of sp³-hybridized carbons (Fsp3) is 0.667. The second-order valence-electron chi connectivity index (χ2n) is 4.01. The Kier molecular flexibility index (Phi) is 4.08. The van der Waals surface area contributed by atoms with Crippen molar-refractivity contribution >= 4 is 21.8 Å². The van der Waals surface area contributed by atoms with E-state index < -0.39 is 10.0 Å². The molecule has 1 aliphatic rings. The van der Waals surface area contributed by atoms with Gasteiger partial charge in [-0.3, -0.25) is 5.10 Å². The molecule has 1 aromatic rings. The van der Waals surface area contributed by atoms with Crippen LogP contribution in [0.4, 0.5) is 0 Å². The molecule has 2 rings (SSSR count). The first-order chi connectivity index (χ1) is 8.13. The van der Waals surface area contributed by atoms with Crippen LogP contribution < -0.4 is 10.5 Å². The topological polar surface area (TPSA) is 101 Å². The van der Waals surface area contributed by atoms with Gasteiger partial charge in [-0.15, -0.1) is 0 Å². The smallest absolute Gasteiger partial charge is 0.257 e. The van der Waals surface area contributed by atoms with E-state index in [2.05, 4.69) is 14.9 Å². The molecule has 1 saturated heterocycles. The van der Waals surface area contributed by atoms with Crippen LogP contribution in [0.5, 0.6) is 0 Å². The first-order valence-corrected chi connectivity index (χ1v) is 8.07. The van der Waals surface area contributed by atoms with Crippen molar-refractivity contribution in [2.75, 3.05) is 18.1 Å². The van der Waals surface area contributed by atoms with E-state index in [9.17, 15) is 8.42 Å². The van der Waals surface area contributed by atoms with Gasteiger partial charge in [-0.1, -0.05) is 0 Å². The minimum atomic E-state index is -3.50. The predicted molar refractivity (Wildman–Crippen MR) is 67.1 cm³/mol. The zero-order chi connectivity index (χ0) is 12.3. The number of nitrogens with zero attached hydrogens (tertiary/aromatic N) is 1. The van der Waals surface area contributed by atoms with E-state index in [0.29, 0.717) is 18.0 Å². The monoisotopic (exact) mass is 276 g/mol. The lowest BCUT2D eigenvalue weighted by Crippen LogP contribution is -2.30. The molecule has 8 heteroatoms. The Labute approximate surface area is 105 Å². The average Bonchev–Trinajstić information content (AvgIpc) is 2.97. The summed E-state index contributed by atoms with van der Waals surface area (Å²) in [6, 6.07) is 0. The van der Waals surface area contributed by atoms with Crippen LogP contribution in [0.3, 0.4) is 0 Å². The fourth-order valence-electron chi connectivity index (χ4n) is 1.72. The fourth-order valence-corrected chi connectivity index (χ4v) is 4.26. The summed E-state index contributed by atoms with van der Waals surface area (Å²) in [5.74, 6) is 2.57. The number of rotatable bonds is 5. The van der Waals surface area contributed by atoms with Crippen LogP contribution in [0.15, 0.2) is 11.2 Å². The maximum absolute atomic E-state index is 12.0. The Balaban J connectivity index is 2.03. The van der Waals surface area contributed by atoms with Crippen LogP contribution in [-0.4, -0.2) is 36.7 Å². The summed E-state index contributed by atoms with van der Waals surface area (Å²) in [5.41, 5.74) is 5.97. The van der Waals surface area contributed by atoms with Gasteiger partial charge < -0.3 is 5.73 Å². The van der Waals surface area contributed by atoms with Gasteiger partial charge in [0.2, 0.25) is 0 Å². The van der Waals surface area contributed by atoms with Crippen LogP contribution in [0.2, 0.25) is 0 Å². The van der Waals surface area contributed by atoms with Crippen LogP contribution >= 0.6 is 11.8 Å². The molecule has 2 heterocycles. The zero-order valence-corrected chi connectivity index (χ0v) is 11.0. The Morgan fingerprint density at radius 3 is 3.12 bits per heavy atom. The number of aromatic amines is 1. The SMILES string of the molecule is NCc1cn[nH]c1S(=O)(=O)NCC1CCSC1. The Bertz CT molecular complexity index is 465. The molecule has 17 heavy (non-hydrogen) atoms. The molecule has 1 atom stereocenters. The Morgan fingerprint density at radius 2 is 2.47 bits per heavy atom. The highest BCUT2D eigenvalue weighted by Gasteiger charge is 2.23. The van der Waals surface area contributed by atoms with E-state index in [1.54, 1.807) is 0 Å². The van der Waals surface area contributed by atoms with Gasteiger partial charge in [0.15, 0.2) is 5.03 Å². The number of aromatic nitrogens is 2. The molecule has 0 amide bonds. The number of nitrogens with two attached hydrogens (primary N) is 1. The summed E-state index contributed by atoms with van der Waals surface area (Å²) < 4.78 is 26.6. The summed E-state index contributed by atoms with van der Waals surface area (Å²) in [7, 11) is -3.50. The van der Waals surface area contributed by atoms with Crippen molar-refractivity contribution in [1.82, 2.24) is 14.9 Å². The lowest BCUT2D eigenvalue weighted by molar-refractivity contribution is 0.542. The van der Waals surface area contributed by atoms with Gasteiger partial charge in [-0.2, -0.15) is 16.9 Å². The van der Waals surface area contributed by atoms with Crippen LogP contribution in [-0.2, 0) is 16.6 Å². The predicted octanol–water partition coefficient (Wildman–Crippen LogP) is -0.100. The molecule has 1 unspecified atom stereocenters. The summed E-state index contributed by atoms with van der Waals surface area (Å²) in [4.78, 5) is 0. The van der Waals surface area contributed by atoms with E-state index in [0.717, 1.165) is 17.9 Å². The Hall–Kier alpha value is -0.570. The maximum Gasteiger partial charge on any atom is 0.257 e. The lowest BCUT2D eigenvalue weighted by Gasteiger charge is -2.10. The summed E-state index contributed by atoms with van der Waals surface area (Å²) in [6.07, 6.45) is 2.51. The molecule has 0 bridgehead atoms. The number of hydrogen-bond donors (Lipinski definition) is 3. The third-order valence-corrected chi connectivity index (χ3v) is 5.42. The molecule has 0 radical (unpaired) electrons. The van der Waals surface area contributed by atoms with E-state index in [-0.39, 0.29) is 11.6 Å². The summed E-state index contributed by atoms with van der Waals surface area (Å²) in [6.45, 7) is 0.643. The third kappa shape index (κ3) is 3.01. The van der Waals surface area contributed by atoms with Crippen LogP contribution in [0, 0.1) is 5.92 Å². The molecular weight excluding hydrogens is 260 g/mol. The number of sulfonamides is 1. The van der Waals surface area contributed by atoms with Gasteiger partial charge in [0.05, 0.1) is 6.20 Å². The first kappa shape index (κ1) is 12.9. The minimum Gasteiger partial charge on any atom is -0.326 e. The highest BCUT2D eigenvalue weighted by molar-refractivity contribution is 7.99. The van der Waals surface area contributed by atoms with Gasteiger partial charge in [0.1, 0.15) is 0 Å². The second-order valence-corrected chi connectivity index (χ2v) is 6.86. The highest BCUT2D eigenvalue weighted by atomic mass is 32.2. The summed E-state index contributed by atoms with van der Waals surface area (Å²) >= 11 is 1.86. The van der Waals surface area contributed by atoms with Crippen LogP contribution in [0.1, 0.15) is 12.0 Å². The van der Waals surface area contributed by atoms with E-state index in [1.807, 2.05) is 11.8 Å². The average molecular weight is 276 g/mol. The van der Waals surface area contributed by atoms with Crippen LogP contribution in [0.25, 0.3) is 0 Å². The molecule has 0 saturated carbocycles. The minimum absolute atomic E-state index is 0.0886. The van der Waals surface area contributed by atoms with Crippen molar-refractivity contribution in [3.05, 3.63) is 11.8 Å². The van der Waals surface area contributed by atoms with Gasteiger partial charge in [0, 0.05) is 18.7 Å². The molecule has 1 aliphatic heterocycles. The number of hydrogen-bond acceptors (Lipinski definition) is 5. The number of H-pyrrole nitrogens is 1. The van der Waals surface area contributed by atoms with Crippen molar-refractivity contribution < 1.29 is 8.42 Å². The molecule has 1 fully saturated rings.